The smallest absolute Gasteiger partial charge is 0.161 e. The number of nitrogens with zero attached hydrogens (tertiary/aromatic N) is 1. The summed E-state index contributed by atoms with van der Waals surface area (Å²) in [7, 11) is 0. The molecule has 0 saturated carbocycles. The molecule has 1 radical (unpaired) electrons. The molecule has 0 amide bonds. The van der Waals surface area contributed by atoms with Gasteiger partial charge in [-0.1, -0.05) is 88.1 Å². The van der Waals surface area contributed by atoms with E-state index in [4.69, 9.17) is 9.47 Å². The number of rotatable bonds is 13. The van der Waals surface area contributed by atoms with E-state index in [9.17, 15) is 5.41 Å². The summed E-state index contributed by atoms with van der Waals surface area (Å²) in [6.45, 7) is 7.89. The minimum atomic E-state index is 0. The largest absolute Gasteiger partial charge is 0.811 e. The second-order valence-electron chi connectivity index (χ2n) is 8.79. The standard InChI is InChI=1S/C32H37NO2.Ir/c1-4-6-10-21-34-31-18-17-29(24-32(31)35-22-11-7-5-2)28-15-12-14-27(23-28)25(3)30-16-9-8-13-26(30)19-20-33;/h8-9,12-13,15-20,23-24H,4-7,10-11,21-22H2,1-3H3;/q-2;/b26-19-,30-25+;. The van der Waals surface area contributed by atoms with Crippen molar-refractivity contribution >= 4 is 17.9 Å². The molecule has 0 heterocycles. The number of ether oxygens (including phenoxy) is 2. The quantitative estimate of drug-likeness (QED) is 0.114. The van der Waals surface area contributed by atoms with Crippen LogP contribution in [0.5, 0.6) is 11.5 Å². The molecule has 36 heavy (non-hydrogen) atoms. The Morgan fingerprint density at radius 2 is 1.50 bits per heavy atom. The van der Waals surface area contributed by atoms with Crippen molar-refractivity contribution in [1.82, 2.24) is 0 Å². The molecule has 0 spiro atoms. The van der Waals surface area contributed by atoms with Gasteiger partial charge in [-0.3, -0.25) is 0 Å². The summed E-state index contributed by atoms with van der Waals surface area (Å²) < 4.78 is 12.3. The monoisotopic (exact) mass is 660 g/mol. The molecule has 3 aromatic carbocycles. The fourth-order valence-electron chi connectivity index (χ4n) is 4.06. The zero-order chi connectivity index (χ0) is 24.9. The summed E-state index contributed by atoms with van der Waals surface area (Å²) >= 11 is 0. The summed E-state index contributed by atoms with van der Waals surface area (Å²) in [6, 6.07) is 23.9. The fraction of sp³-hybridized carbons (Fsp3) is 0.344. The van der Waals surface area contributed by atoms with Gasteiger partial charge in [0, 0.05) is 20.1 Å². The first-order chi connectivity index (χ1) is 17.2. The Hall–Kier alpha value is -2.68. The molecule has 4 heteroatoms. The molecule has 3 rings (SSSR count). The van der Waals surface area contributed by atoms with Crippen LogP contribution in [0.3, 0.4) is 0 Å². The molecule has 0 aliphatic carbocycles. The molecule has 0 aliphatic heterocycles. The second-order valence-corrected chi connectivity index (χ2v) is 8.79. The van der Waals surface area contributed by atoms with Crippen molar-refractivity contribution < 1.29 is 29.6 Å². The molecule has 193 valence electrons. The predicted octanol–water partition coefficient (Wildman–Crippen LogP) is 6.93. The van der Waals surface area contributed by atoms with Gasteiger partial charge in [-0.25, -0.2) is 0 Å². The first kappa shape index (κ1) is 29.5. The first-order valence-corrected chi connectivity index (χ1v) is 12.8. The van der Waals surface area contributed by atoms with Crippen LogP contribution in [0, 0.1) is 6.07 Å². The van der Waals surface area contributed by atoms with Crippen LogP contribution in [0.4, 0.5) is 0 Å². The van der Waals surface area contributed by atoms with Gasteiger partial charge in [0.15, 0.2) is 11.5 Å². The van der Waals surface area contributed by atoms with Crippen molar-refractivity contribution in [2.45, 2.75) is 59.3 Å². The first-order valence-electron chi connectivity index (χ1n) is 12.8. The van der Waals surface area contributed by atoms with E-state index in [0.717, 1.165) is 69.7 Å². The van der Waals surface area contributed by atoms with E-state index in [1.807, 2.05) is 30.3 Å². The molecule has 0 saturated heterocycles. The molecule has 0 atom stereocenters. The van der Waals surface area contributed by atoms with Crippen LogP contribution in [-0.2, 0) is 20.1 Å². The number of hydrogen-bond donors (Lipinski definition) is 0. The molecule has 0 unspecified atom stereocenters. The summed E-state index contributed by atoms with van der Waals surface area (Å²) in [6.07, 6.45) is 9.55. The minimum Gasteiger partial charge on any atom is -0.811 e. The molecule has 3 aromatic rings. The van der Waals surface area contributed by atoms with E-state index >= 15 is 0 Å². The number of benzene rings is 3. The summed E-state index contributed by atoms with van der Waals surface area (Å²) in [5, 5.41) is 11.3. The molecule has 0 aliphatic rings. The van der Waals surface area contributed by atoms with E-state index in [1.54, 1.807) is 6.08 Å². The Balaban J connectivity index is 0.00000456. The van der Waals surface area contributed by atoms with Crippen molar-refractivity contribution in [3.63, 3.8) is 0 Å². The van der Waals surface area contributed by atoms with Crippen LogP contribution in [0.1, 0.15) is 64.9 Å². The van der Waals surface area contributed by atoms with Crippen molar-refractivity contribution in [3.8, 4) is 22.6 Å². The zero-order valence-corrected chi connectivity index (χ0v) is 24.1. The molecule has 3 nitrogen and oxygen atoms in total. The SMILES string of the molecule is CCCCCOc1ccc(-c2cc[c-]c(/C(C)=c3\cccc\c3=C\C=[N-])c2)cc1OCCCCC.[Ir]. The van der Waals surface area contributed by atoms with Crippen LogP contribution >= 0.6 is 0 Å². The maximum atomic E-state index is 9.29. The third kappa shape index (κ3) is 8.47. The normalized spacial score (nSPS) is 12.0. The molecule has 0 fully saturated rings. The average Bonchev–Trinajstić information content (AvgIpc) is 2.90. The van der Waals surface area contributed by atoms with E-state index in [2.05, 4.69) is 57.2 Å². The van der Waals surface area contributed by atoms with Gasteiger partial charge in [0.05, 0.1) is 13.2 Å². The van der Waals surface area contributed by atoms with E-state index in [0.29, 0.717) is 13.2 Å². The summed E-state index contributed by atoms with van der Waals surface area (Å²) in [5.41, 5.74) is 4.31. The number of hydrogen-bond acceptors (Lipinski definition) is 2. The van der Waals surface area contributed by atoms with Crippen LogP contribution in [0.2, 0.25) is 0 Å². The van der Waals surface area contributed by atoms with Crippen LogP contribution in [-0.4, -0.2) is 19.4 Å². The van der Waals surface area contributed by atoms with Gasteiger partial charge in [0.2, 0.25) is 0 Å². The maximum absolute atomic E-state index is 9.29. The third-order valence-corrected chi connectivity index (χ3v) is 6.11. The van der Waals surface area contributed by atoms with Gasteiger partial charge in [0.25, 0.3) is 0 Å². The minimum absolute atomic E-state index is 0. The molecular formula is C32H37IrNO2-2. The second kappa shape index (κ2) is 16.1. The zero-order valence-electron chi connectivity index (χ0n) is 21.7. The van der Waals surface area contributed by atoms with Crippen molar-refractivity contribution in [3.05, 3.63) is 88.1 Å². The van der Waals surface area contributed by atoms with Crippen LogP contribution in [0.15, 0.2) is 60.7 Å². The summed E-state index contributed by atoms with van der Waals surface area (Å²) in [5.74, 6) is 1.63. The van der Waals surface area contributed by atoms with Gasteiger partial charge in [-0.2, -0.15) is 6.21 Å². The maximum Gasteiger partial charge on any atom is 0.161 e. The number of unbranched alkanes of at least 4 members (excludes halogenated alkanes) is 4. The Bertz CT molecular complexity index is 1220. The summed E-state index contributed by atoms with van der Waals surface area (Å²) in [4.78, 5) is 0. The van der Waals surface area contributed by atoms with Crippen molar-refractivity contribution in [2.24, 2.45) is 0 Å². The Morgan fingerprint density at radius 3 is 2.19 bits per heavy atom. The Kier molecular flexibility index (Phi) is 13.2. The molecule has 0 N–H and O–H groups in total. The van der Waals surface area contributed by atoms with Gasteiger partial charge < -0.3 is 14.9 Å². The topological polar surface area (TPSA) is 40.8 Å². The van der Waals surface area contributed by atoms with Crippen molar-refractivity contribution in [1.29, 1.82) is 0 Å². The molecule has 0 aromatic heterocycles. The molecular weight excluding hydrogens is 623 g/mol. The average molecular weight is 660 g/mol. The van der Waals surface area contributed by atoms with Gasteiger partial charge >= 0.3 is 0 Å². The Labute approximate surface area is 230 Å². The van der Waals surface area contributed by atoms with E-state index < -0.39 is 0 Å². The molecule has 0 bridgehead atoms. The Morgan fingerprint density at radius 1 is 0.833 bits per heavy atom. The van der Waals surface area contributed by atoms with Crippen LogP contribution < -0.4 is 19.9 Å². The third-order valence-electron chi connectivity index (χ3n) is 6.11. The van der Waals surface area contributed by atoms with Crippen LogP contribution in [0.25, 0.3) is 28.2 Å². The fourth-order valence-corrected chi connectivity index (χ4v) is 4.06. The van der Waals surface area contributed by atoms with Gasteiger partial charge in [0.1, 0.15) is 0 Å². The van der Waals surface area contributed by atoms with Gasteiger partial charge in [-0.05, 0) is 35.8 Å². The van der Waals surface area contributed by atoms with E-state index in [1.165, 1.54) is 19.3 Å². The van der Waals surface area contributed by atoms with Crippen molar-refractivity contribution in [2.75, 3.05) is 13.2 Å². The predicted molar refractivity (Wildman–Crippen MR) is 149 cm³/mol. The van der Waals surface area contributed by atoms with Gasteiger partial charge in [-0.15, -0.1) is 41.0 Å². The van der Waals surface area contributed by atoms with E-state index in [-0.39, 0.29) is 20.1 Å².